The fourth-order valence-electron chi connectivity index (χ4n) is 5.14. The lowest BCUT2D eigenvalue weighted by Crippen LogP contribution is -2.39. The number of nitrogens with zero attached hydrogens (tertiary/aromatic N) is 5. The zero-order chi connectivity index (χ0) is 27.1. The van der Waals surface area contributed by atoms with Gasteiger partial charge in [0.2, 0.25) is 5.91 Å². The summed E-state index contributed by atoms with van der Waals surface area (Å²) in [7, 11) is -2.97. The summed E-state index contributed by atoms with van der Waals surface area (Å²) in [5, 5.41) is 9.16. The summed E-state index contributed by atoms with van der Waals surface area (Å²) in [6.45, 7) is 4.07. The van der Waals surface area contributed by atoms with Crippen molar-refractivity contribution in [3.8, 4) is 5.95 Å². The van der Waals surface area contributed by atoms with Crippen LogP contribution in [-0.2, 0) is 22.9 Å². The zero-order valence-corrected chi connectivity index (χ0v) is 22.4. The molecule has 0 aliphatic carbocycles. The molecule has 6 rings (SSSR count). The third kappa shape index (κ3) is 4.86. The van der Waals surface area contributed by atoms with Gasteiger partial charge in [0.15, 0.2) is 15.7 Å². The molecule has 3 N–H and O–H groups in total. The number of primary amides is 1. The molecule has 0 saturated carbocycles. The highest BCUT2D eigenvalue weighted by Gasteiger charge is 2.23. The minimum Gasteiger partial charge on any atom is -0.366 e. The highest BCUT2D eigenvalue weighted by Crippen LogP contribution is 2.28. The van der Waals surface area contributed by atoms with Crippen LogP contribution in [0.5, 0.6) is 0 Å². The molecule has 1 saturated heterocycles. The van der Waals surface area contributed by atoms with Crippen LogP contribution in [0.3, 0.4) is 0 Å². The second-order valence-electron chi connectivity index (χ2n) is 9.87. The summed E-state index contributed by atoms with van der Waals surface area (Å²) in [6.07, 6.45) is 0. The number of benzene rings is 2. The number of fused-ring (bicyclic) bond motifs is 2. The van der Waals surface area contributed by atoms with E-state index >= 15 is 0 Å². The minimum atomic E-state index is -2.97. The van der Waals surface area contributed by atoms with Gasteiger partial charge in [-0.2, -0.15) is 4.98 Å². The molecule has 0 unspecified atom stereocenters. The van der Waals surface area contributed by atoms with Crippen LogP contribution in [0.15, 0.2) is 66.7 Å². The van der Waals surface area contributed by atoms with E-state index in [0.29, 0.717) is 43.5 Å². The van der Waals surface area contributed by atoms with E-state index < -0.39 is 15.7 Å². The quantitative estimate of drug-likeness (QED) is 0.323. The van der Waals surface area contributed by atoms with E-state index in [4.69, 9.17) is 15.8 Å². The van der Waals surface area contributed by atoms with Crippen molar-refractivity contribution in [2.24, 2.45) is 5.73 Å². The van der Waals surface area contributed by atoms with Crippen LogP contribution >= 0.6 is 0 Å². The predicted octanol–water partition coefficient (Wildman–Crippen LogP) is 2.92. The van der Waals surface area contributed by atoms with E-state index in [2.05, 4.69) is 22.3 Å². The summed E-state index contributed by atoms with van der Waals surface area (Å²) in [5.41, 5.74) is 10.6. The standard InChI is InChI=1S/C28H29N7O3S/c1-19-16-23-22(26(29)36)8-5-9-24(23)34(19)28-31-27(30-17-20-6-3-2-4-7-20)25-11-10-21(35(25)32-28)18-33-12-14-39(37,38)15-13-33/h2-11,16H,12-15,17-18H2,1H3,(H2,29,36)(H,30,31,32). The minimum absolute atomic E-state index is 0.164. The maximum Gasteiger partial charge on any atom is 0.254 e. The number of sulfone groups is 1. The molecule has 0 atom stereocenters. The summed E-state index contributed by atoms with van der Waals surface area (Å²) in [4.78, 5) is 19.2. The molecule has 39 heavy (non-hydrogen) atoms. The van der Waals surface area contributed by atoms with Gasteiger partial charge in [0.05, 0.1) is 22.7 Å². The third-order valence-corrected chi connectivity index (χ3v) is 8.81. The van der Waals surface area contributed by atoms with Crippen molar-refractivity contribution < 1.29 is 13.2 Å². The third-order valence-electron chi connectivity index (χ3n) is 7.20. The SMILES string of the molecule is Cc1cc2c(C(N)=O)cccc2n1-c1nc(NCc2ccccc2)c2ccc(CN3CCS(=O)(=O)CC3)n2n1. The van der Waals surface area contributed by atoms with Gasteiger partial charge >= 0.3 is 0 Å². The predicted molar refractivity (Wildman–Crippen MR) is 151 cm³/mol. The summed E-state index contributed by atoms with van der Waals surface area (Å²) >= 11 is 0. The van der Waals surface area contributed by atoms with E-state index in [9.17, 15) is 13.2 Å². The molecular weight excluding hydrogens is 514 g/mol. The second-order valence-corrected chi connectivity index (χ2v) is 12.2. The number of rotatable bonds is 7. The van der Waals surface area contributed by atoms with E-state index in [1.54, 1.807) is 12.1 Å². The number of nitrogens with two attached hydrogens (primary N) is 1. The number of nitrogens with one attached hydrogen (secondary N) is 1. The number of aryl methyl sites for hydroxylation is 1. The number of anilines is 1. The van der Waals surface area contributed by atoms with Gasteiger partial charge in [-0.1, -0.05) is 36.4 Å². The van der Waals surface area contributed by atoms with Crippen molar-refractivity contribution in [1.29, 1.82) is 0 Å². The lowest BCUT2D eigenvalue weighted by atomic mass is 10.1. The Labute approximate surface area is 226 Å². The highest BCUT2D eigenvalue weighted by atomic mass is 32.2. The number of hydrogen-bond acceptors (Lipinski definition) is 7. The molecule has 200 valence electrons. The Morgan fingerprint density at radius 1 is 1.00 bits per heavy atom. The number of amides is 1. The lowest BCUT2D eigenvalue weighted by Gasteiger charge is -2.26. The van der Waals surface area contributed by atoms with Gasteiger partial charge in [-0.3, -0.25) is 14.3 Å². The molecule has 1 aliphatic heterocycles. The Balaban J connectivity index is 1.46. The van der Waals surface area contributed by atoms with E-state index in [0.717, 1.165) is 33.4 Å². The first-order valence-corrected chi connectivity index (χ1v) is 14.6. The summed E-state index contributed by atoms with van der Waals surface area (Å²) in [5.74, 6) is 0.957. The molecule has 1 fully saturated rings. The van der Waals surface area contributed by atoms with Crippen LogP contribution in [0, 0.1) is 6.92 Å². The van der Waals surface area contributed by atoms with Crippen LogP contribution in [0.4, 0.5) is 5.82 Å². The zero-order valence-electron chi connectivity index (χ0n) is 21.5. The average Bonchev–Trinajstić information content (AvgIpc) is 3.48. The van der Waals surface area contributed by atoms with Crippen molar-refractivity contribution in [2.75, 3.05) is 29.9 Å². The Bertz CT molecular complexity index is 1800. The maximum absolute atomic E-state index is 12.1. The fourth-order valence-corrected chi connectivity index (χ4v) is 6.42. The molecule has 0 bridgehead atoms. The van der Waals surface area contributed by atoms with Gasteiger partial charge in [0.25, 0.3) is 5.95 Å². The Morgan fingerprint density at radius 2 is 1.77 bits per heavy atom. The average molecular weight is 544 g/mol. The molecule has 1 aliphatic rings. The molecule has 4 heterocycles. The molecule has 0 radical (unpaired) electrons. The molecule has 11 heteroatoms. The van der Waals surface area contributed by atoms with E-state index in [1.807, 2.05) is 58.5 Å². The largest absolute Gasteiger partial charge is 0.366 e. The van der Waals surface area contributed by atoms with Gasteiger partial charge in [-0.05, 0) is 42.8 Å². The van der Waals surface area contributed by atoms with Crippen LogP contribution < -0.4 is 11.1 Å². The Hall–Kier alpha value is -4.22. The normalized spacial score (nSPS) is 15.6. The molecule has 1 amide bonds. The number of aromatic nitrogens is 4. The molecule has 10 nitrogen and oxygen atoms in total. The van der Waals surface area contributed by atoms with Crippen LogP contribution in [0.2, 0.25) is 0 Å². The number of hydrogen-bond donors (Lipinski definition) is 2. The number of carbonyl (C=O) groups is 1. The van der Waals surface area contributed by atoms with Crippen molar-refractivity contribution in [2.45, 2.75) is 20.0 Å². The smallest absolute Gasteiger partial charge is 0.254 e. The lowest BCUT2D eigenvalue weighted by molar-refractivity contribution is 0.100. The number of carbonyl (C=O) groups excluding carboxylic acids is 1. The van der Waals surface area contributed by atoms with E-state index in [1.165, 1.54) is 0 Å². The first-order valence-electron chi connectivity index (χ1n) is 12.8. The first-order chi connectivity index (χ1) is 18.8. The summed E-state index contributed by atoms with van der Waals surface area (Å²) < 4.78 is 27.7. The van der Waals surface area contributed by atoms with Crippen molar-refractivity contribution >= 4 is 38.0 Å². The molecule has 0 spiro atoms. The van der Waals surface area contributed by atoms with Gasteiger partial charge in [-0.15, -0.1) is 5.10 Å². The molecule has 3 aromatic heterocycles. The fraction of sp³-hybridized carbons (Fsp3) is 0.250. The molecular formula is C28H29N7O3S. The van der Waals surface area contributed by atoms with Crippen LogP contribution in [-0.4, -0.2) is 63.0 Å². The maximum atomic E-state index is 12.1. The van der Waals surface area contributed by atoms with Crippen molar-refractivity contribution in [3.05, 3.63) is 89.2 Å². The van der Waals surface area contributed by atoms with Crippen LogP contribution in [0.1, 0.15) is 27.3 Å². The Kier molecular flexibility index (Phi) is 6.32. The van der Waals surface area contributed by atoms with Gasteiger partial charge in [-0.25, -0.2) is 12.9 Å². The monoisotopic (exact) mass is 543 g/mol. The first kappa shape index (κ1) is 25.1. The summed E-state index contributed by atoms with van der Waals surface area (Å²) in [6, 6.07) is 21.4. The second kappa shape index (κ2) is 9.83. The highest BCUT2D eigenvalue weighted by molar-refractivity contribution is 7.91. The van der Waals surface area contributed by atoms with Crippen molar-refractivity contribution in [1.82, 2.24) is 24.1 Å². The topological polar surface area (TPSA) is 128 Å². The Morgan fingerprint density at radius 3 is 2.51 bits per heavy atom. The van der Waals surface area contributed by atoms with Gasteiger partial charge < -0.3 is 11.1 Å². The van der Waals surface area contributed by atoms with Gasteiger partial charge in [0, 0.05) is 42.8 Å². The van der Waals surface area contributed by atoms with Gasteiger partial charge in [0.1, 0.15) is 5.52 Å². The van der Waals surface area contributed by atoms with Crippen molar-refractivity contribution in [3.63, 3.8) is 0 Å². The van der Waals surface area contributed by atoms with E-state index in [-0.39, 0.29) is 11.5 Å². The molecule has 5 aromatic rings. The van der Waals surface area contributed by atoms with Crippen LogP contribution in [0.25, 0.3) is 22.4 Å². The molecule has 2 aromatic carbocycles.